The van der Waals surface area contributed by atoms with E-state index in [1.54, 1.807) is 6.07 Å². The van der Waals surface area contributed by atoms with E-state index in [9.17, 15) is 0 Å². The van der Waals surface area contributed by atoms with E-state index >= 15 is 0 Å². The third kappa shape index (κ3) is 1.17. The zero-order valence-electron chi connectivity index (χ0n) is 6.13. The van der Waals surface area contributed by atoms with Gasteiger partial charge in [-0.25, -0.2) is 0 Å². The molecule has 1 N–H and O–H groups in total. The first-order chi connectivity index (χ1) is 5.29. The topological polar surface area (TPSA) is 49.8 Å². The molecule has 3 heteroatoms. The summed E-state index contributed by atoms with van der Waals surface area (Å²) in [5, 5.41) is 8.97. The van der Waals surface area contributed by atoms with E-state index in [1.807, 2.05) is 19.8 Å². The lowest BCUT2D eigenvalue weighted by Gasteiger charge is -1.82. The third-order valence-corrected chi connectivity index (χ3v) is 1.45. The van der Waals surface area contributed by atoms with Crippen LogP contribution >= 0.6 is 0 Å². The average molecular weight is 152 g/mol. The van der Waals surface area contributed by atoms with Gasteiger partial charge in [-0.3, -0.25) is 0 Å². The van der Waals surface area contributed by atoms with Crippen molar-refractivity contribution in [2.75, 3.05) is 0 Å². The van der Waals surface area contributed by atoms with Crippen molar-refractivity contribution >= 4 is 6.79 Å². The average Bonchev–Trinajstić information content (AvgIpc) is 2.81. The van der Waals surface area contributed by atoms with Crippen LogP contribution in [0.1, 0.15) is 5.56 Å². The number of carbonyl (C=O) groups is 1. The number of hydrogen-bond donors (Lipinski definition) is 1. The van der Waals surface area contributed by atoms with Gasteiger partial charge in [-0.2, -0.15) is 0 Å². The number of ether oxygens (including phenoxy) is 1. The van der Waals surface area contributed by atoms with Crippen molar-refractivity contribution in [3.63, 3.8) is 0 Å². The Morgan fingerprint density at radius 1 is 1.36 bits per heavy atom. The standard InChI is InChI=1S/C7H6O2.CH2O/c1-4-2-3-5(8)7-6(4)9-7;1-2/h2-3,8H,1H3;1H2. The lowest BCUT2D eigenvalue weighted by atomic mass is 10.2. The largest absolute Gasteiger partial charge is 0.504 e. The van der Waals surface area contributed by atoms with Crippen molar-refractivity contribution in [1.82, 2.24) is 0 Å². The highest BCUT2D eigenvalue weighted by atomic mass is 16.6. The molecule has 0 aromatic heterocycles. The molecule has 3 nitrogen and oxygen atoms in total. The van der Waals surface area contributed by atoms with E-state index in [2.05, 4.69) is 0 Å². The number of phenolic OH excluding ortho intramolecular Hbond substituents is 1. The molecule has 0 radical (unpaired) electrons. The Morgan fingerprint density at radius 3 is 2.55 bits per heavy atom. The van der Waals surface area contributed by atoms with Crippen molar-refractivity contribution in [2.24, 2.45) is 0 Å². The SMILES string of the molecule is C=O.Cc1ccc(O)c2c1O2. The quantitative estimate of drug-likeness (QED) is 0.583. The van der Waals surface area contributed by atoms with Gasteiger partial charge in [0.15, 0.2) is 11.5 Å². The van der Waals surface area contributed by atoms with Crippen molar-refractivity contribution < 1.29 is 14.6 Å². The van der Waals surface area contributed by atoms with Gasteiger partial charge in [-0.15, -0.1) is 0 Å². The zero-order valence-corrected chi connectivity index (χ0v) is 6.13. The molecule has 1 aliphatic heterocycles. The molecular formula is C8H8O3. The fraction of sp³-hybridized carbons (Fsp3) is 0.125. The predicted octanol–water partition coefficient (Wildman–Crippen LogP) is 1.62. The molecular weight excluding hydrogens is 144 g/mol. The Hall–Kier alpha value is -1.51. The highest BCUT2D eigenvalue weighted by Gasteiger charge is 2.26. The van der Waals surface area contributed by atoms with Gasteiger partial charge in [0, 0.05) is 0 Å². The molecule has 0 aliphatic carbocycles. The summed E-state index contributed by atoms with van der Waals surface area (Å²) in [7, 11) is 0. The summed E-state index contributed by atoms with van der Waals surface area (Å²) < 4.78 is 4.95. The van der Waals surface area contributed by atoms with Gasteiger partial charge < -0.3 is 14.6 Å². The van der Waals surface area contributed by atoms with Crippen LogP contribution in [-0.4, -0.2) is 11.9 Å². The van der Waals surface area contributed by atoms with Crippen LogP contribution in [0, 0.1) is 6.92 Å². The molecule has 1 aromatic rings. The number of rotatable bonds is 0. The summed E-state index contributed by atoms with van der Waals surface area (Å²) in [5.74, 6) is 1.74. The first-order valence-corrected chi connectivity index (χ1v) is 3.08. The fourth-order valence-electron chi connectivity index (χ4n) is 0.860. The van der Waals surface area contributed by atoms with Crippen LogP contribution in [0.2, 0.25) is 0 Å². The summed E-state index contributed by atoms with van der Waals surface area (Å²) in [6.45, 7) is 3.95. The molecule has 0 fully saturated rings. The lowest BCUT2D eigenvalue weighted by Crippen LogP contribution is -1.59. The molecule has 0 spiro atoms. The van der Waals surface area contributed by atoms with Gasteiger partial charge in [0.2, 0.25) is 5.75 Å². The Bertz CT molecular complexity index is 254. The second kappa shape index (κ2) is 2.62. The van der Waals surface area contributed by atoms with Gasteiger partial charge in [0.25, 0.3) is 0 Å². The lowest BCUT2D eigenvalue weighted by molar-refractivity contribution is -0.0979. The van der Waals surface area contributed by atoms with Gasteiger partial charge >= 0.3 is 0 Å². The van der Waals surface area contributed by atoms with Gasteiger partial charge in [0.05, 0.1) is 0 Å². The predicted molar refractivity (Wildman–Crippen MR) is 40.0 cm³/mol. The summed E-state index contributed by atoms with van der Waals surface area (Å²) in [6, 6.07) is 3.47. The second-order valence-corrected chi connectivity index (χ2v) is 2.16. The van der Waals surface area contributed by atoms with E-state index in [4.69, 9.17) is 14.6 Å². The number of aromatic hydroxyl groups is 1. The highest BCUT2D eigenvalue weighted by Crippen LogP contribution is 2.53. The van der Waals surface area contributed by atoms with Gasteiger partial charge in [0.1, 0.15) is 6.79 Å². The van der Waals surface area contributed by atoms with E-state index in [0.717, 1.165) is 11.3 Å². The maximum absolute atomic E-state index is 8.97. The molecule has 0 bridgehead atoms. The van der Waals surface area contributed by atoms with Gasteiger partial charge in [-0.1, -0.05) is 6.07 Å². The van der Waals surface area contributed by atoms with Crippen molar-refractivity contribution in [3.8, 4) is 17.2 Å². The number of carbonyl (C=O) groups excluding carboxylic acids is 1. The fourth-order valence-corrected chi connectivity index (χ4v) is 0.860. The smallest absolute Gasteiger partial charge is 0.211 e. The van der Waals surface area contributed by atoms with E-state index in [1.165, 1.54) is 0 Å². The molecule has 58 valence electrons. The Labute approximate surface area is 64.2 Å². The van der Waals surface area contributed by atoms with Gasteiger partial charge in [-0.05, 0) is 18.6 Å². The summed E-state index contributed by atoms with van der Waals surface area (Å²) >= 11 is 0. The highest BCUT2D eigenvalue weighted by molar-refractivity contribution is 5.65. The van der Waals surface area contributed by atoms with Crippen molar-refractivity contribution in [3.05, 3.63) is 17.7 Å². The minimum Gasteiger partial charge on any atom is -0.504 e. The first-order valence-electron chi connectivity index (χ1n) is 3.08. The van der Waals surface area contributed by atoms with Crippen LogP contribution in [0.15, 0.2) is 12.1 Å². The second-order valence-electron chi connectivity index (χ2n) is 2.16. The minimum absolute atomic E-state index is 0.246. The molecule has 0 amide bonds. The van der Waals surface area contributed by atoms with E-state index in [-0.39, 0.29) is 5.75 Å². The molecule has 1 heterocycles. The molecule has 1 aliphatic rings. The third-order valence-electron chi connectivity index (χ3n) is 1.45. The normalized spacial score (nSPS) is 10.3. The monoisotopic (exact) mass is 152 g/mol. The molecule has 1 aromatic carbocycles. The van der Waals surface area contributed by atoms with E-state index < -0.39 is 0 Å². The van der Waals surface area contributed by atoms with Crippen LogP contribution in [0.4, 0.5) is 0 Å². The molecule has 0 unspecified atom stereocenters. The first kappa shape index (κ1) is 7.60. The number of aryl methyl sites for hydroxylation is 1. The van der Waals surface area contributed by atoms with Crippen molar-refractivity contribution in [1.29, 1.82) is 0 Å². The van der Waals surface area contributed by atoms with Crippen molar-refractivity contribution in [2.45, 2.75) is 6.92 Å². The Balaban J connectivity index is 0.000000281. The van der Waals surface area contributed by atoms with Crippen LogP contribution in [-0.2, 0) is 4.79 Å². The summed E-state index contributed by atoms with van der Waals surface area (Å²) in [5.41, 5.74) is 1.09. The number of hydrogen-bond acceptors (Lipinski definition) is 3. The number of phenols is 1. The molecule has 2 rings (SSSR count). The summed E-state index contributed by atoms with van der Waals surface area (Å²) in [6.07, 6.45) is 0. The Kier molecular flexibility index (Phi) is 1.81. The minimum atomic E-state index is 0.246. The maximum Gasteiger partial charge on any atom is 0.211 e. The van der Waals surface area contributed by atoms with Crippen LogP contribution < -0.4 is 4.74 Å². The van der Waals surface area contributed by atoms with Crippen LogP contribution in [0.25, 0.3) is 0 Å². The van der Waals surface area contributed by atoms with E-state index in [0.29, 0.717) is 5.75 Å². The molecule has 0 saturated carbocycles. The summed E-state index contributed by atoms with van der Waals surface area (Å²) in [4.78, 5) is 8.00. The maximum atomic E-state index is 8.97. The van der Waals surface area contributed by atoms with Crippen LogP contribution in [0.3, 0.4) is 0 Å². The Morgan fingerprint density at radius 2 is 2.00 bits per heavy atom. The molecule has 0 saturated heterocycles. The molecule has 11 heavy (non-hydrogen) atoms. The van der Waals surface area contributed by atoms with Crippen LogP contribution in [0.5, 0.6) is 17.2 Å². The molecule has 0 atom stereocenters. The number of benzene rings is 1. The number of fused-ring (bicyclic) bond motifs is 1. The zero-order chi connectivity index (χ0) is 8.43.